The molecule has 1 amide bonds. The minimum Gasteiger partial charge on any atom is -0.475 e. The van der Waals surface area contributed by atoms with Gasteiger partial charge < -0.3 is 15.0 Å². The second-order valence-electron chi connectivity index (χ2n) is 7.13. The largest absolute Gasteiger partial charge is 0.490 e. The van der Waals surface area contributed by atoms with Crippen LogP contribution in [0.15, 0.2) is 42.6 Å². The van der Waals surface area contributed by atoms with Crippen LogP contribution in [-0.2, 0) is 26.0 Å². The van der Waals surface area contributed by atoms with Gasteiger partial charge in [-0.2, -0.15) is 13.2 Å². The molecular weight excluding hydrogens is 465 g/mol. The summed E-state index contributed by atoms with van der Waals surface area (Å²) in [6, 6.07) is 11.0. The Morgan fingerprint density at radius 2 is 1.73 bits per heavy atom. The van der Waals surface area contributed by atoms with Crippen molar-refractivity contribution >= 4 is 38.6 Å². The fraction of sp³-hybridized carbons (Fsp3) is 0.250. The van der Waals surface area contributed by atoms with Gasteiger partial charge in [0.15, 0.2) is 0 Å². The summed E-state index contributed by atoms with van der Waals surface area (Å²) in [6.45, 7) is 0. The maximum atomic E-state index is 11.9. The highest BCUT2D eigenvalue weighted by atomic mass is 32.2. The molecule has 3 rings (SSSR count). The molecule has 3 N–H and O–H groups in total. The van der Waals surface area contributed by atoms with E-state index in [1.807, 2.05) is 24.3 Å². The molecule has 0 saturated carbocycles. The number of aromatic nitrogens is 2. The van der Waals surface area contributed by atoms with Crippen molar-refractivity contribution in [3.8, 4) is 11.1 Å². The third kappa shape index (κ3) is 7.49. The molecule has 178 valence electrons. The second-order valence-corrected chi connectivity index (χ2v) is 8.88. The molecule has 0 radical (unpaired) electrons. The molecule has 0 spiro atoms. The van der Waals surface area contributed by atoms with Crippen LogP contribution in [-0.4, -0.2) is 66.8 Å². The number of alkyl halides is 3. The molecule has 1 aromatic carbocycles. The molecule has 3 aromatic rings. The van der Waals surface area contributed by atoms with Crippen LogP contribution in [0.1, 0.15) is 5.69 Å². The number of likely N-dealkylation sites (N-methyl/N-ethyl adjacent to an activating group) is 1. The summed E-state index contributed by atoms with van der Waals surface area (Å²) in [5, 5.41) is 8.04. The Balaban J connectivity index is 0.000000479. The van der Waals surface area contributed by atoms with E-state index in [-0.39, 0.29) is 12.3 Å². The standard InChI is InChI=1S/C18H20N4O3S.C2HF3O2/c1-22(2)17(23)11-14-10-16-15(8-9-19-18(16)20-14)12-4-6-13(7-5-12)21-26(3,24)25;3-2(4,5)1(6)7/h4-10,21H,11H2,1-3H3,(H,19,20);(H,6,7). The molecule has 0 bridgehead atoms. The van der Waals surface area contributed by atoms with Crippen molar-refractivity contribution in [2.24, 2.45) is 0 Å². The molecule has 0 aliphatic heterocycles. The van der Waals surface area contributed by atoms with E-state index in [0.717, 1.165) is 28.5 Å². The molecule has 13 heteroatoms. The Morgan fingerprint density at radius 3 is 2.21 bits per heavy atom. The van der Waals surface area contributed by atoms with Gasteiger partial charge in [-0.1, -0.05) is 12.1 Å². The number of aromatic amines is 1. The van der Waals surface area contributed by atoms with Crippen molar-refractivity contribution in [1.29, 1.82) is 0 Å². The zero-order chi connectivity index (χ0) is 25.0. The summed E-state index contributed by atoms with van der Waals surface area (Å²) >= 11 is 0. The molecule has 33 heavy (non-hydrogen) atoms. The number of pyridine rings is 1. The van der Waals surface area contributed by atoms with Crippen LogP contribution in [0.2, 0.25) is 0 Å². The molecule has 0 fully saturated rings. The topological polar surface area (TPSA) is 132 Å². The number of carboxylic acids is 1. The van der Waals surface area contributed by atoms with Crippen LogP contribution in [0.4, 0.5) is 18.9 Å². The SMILES string of the molecule is CN(C)C(=O)Cc1cc2c(-c3ccc(NS(C)(=O)=O)cc3)ccnc2[nH]1.O=C(O)C(F)(F)F. The first-order chi connectivity index (χ1) is 15.2. The number of rotatable bonds is 5. The number of nitrogens with one attached hydrogen (secondary N) is 2. The molecule has 0 saturated heterocycles. The second kappa shape index (κ2) is 9.90. The molecule has 0 aliphatic carbocycles. The van der Waals surface area contributed by atoms with Crippen molar-refractivity contribution in [3.63, 3.8) is 0 Å². The van der Waals surface area contributed by atoms with Gasteiger partial charge in [0.05, 0.1) is 12.7 Å². The van der Waals surface area contributed by atoms with E-state index in [9.17, 15) is 26.4 Å². The Kier molecular flexibility index (Phi) is 7.69. The van der Waals surface area contributed by atoms with Crippen LogP contribution in [0.3, 0.4) is 0 Å². The van der Waals surface area contributed by atoms with Gasteiger partial charge >= 0.3 is 12.1 Å². The first-order valence-electron chi connectivity index (χ1n) is 9.22. The van der Waals surface area contributed by atoms with Crippen molar-refractivity contribution in [3.05, 3.63) is 48.3 Å². The highest BCUT2D eigenvalue weighted by molar-refractivity contribution is 7.92. The molecule has 0 unspecified atom stereocenters. The highest BCUT2D eigenvalue weighted by Crippen LogP contribution is 2.29. The summed E-state index contributed by atoms with van der Waals surface area (Å²) in [6.07, 6.45) is -1.99. The van der Waals surface area contributed by atoms with E-state index in [0.29, 0.717) is 11.3 Å². The third-order valence-corrected chi connectivity index (χ3v) is 4.78. The number of halogens is 3. The zero-order valence-electron chi connectivity index (χ0n) is 17.8. The Bertz CT molecular complexity index is 1250. The van der Waals surface area contributed by atoms with Crippen LogP contribution >= 0.6 is 0 Å². The van der Waals surface area contributed by atoms with Crippen LogP contribution in [0.25, 0.3) is 22.2 Å². The number of amides is 1. The normalized spacial score (nSPS) is 11.5. The quantitative estimate of drug-likeness (QED) is 0.508. The summed E-state index contributed by atoms with van der Waals surface area (Å²) in [5.74, 6) is -2.75. The summed E-state index contributed by atoms with van der Waals surface area (Å²) < 4.78 is 56.8. The predicted octanol–water partition coefficient (Wildman–Crippen LogP) is 2.87. The summed E-state index contributed by atoms with van der Waals surface area (Å²) in [5.41, 5.74) is 3.91. The van der Waals surface area contributed by atoms with Crippen molar-refractivity contribution < 1.29 is 36.3 Å². The lowest BCUT2D eigenvalue weighted by Crippen LogP contribution is -2.23. The van der Waals surface area contributed by atoms with E-state index in [4.69, 9.17) is 9.90 Å². The van der Waals surface area contributed by atoms with Crippen LogP contribution in [0.5, 0.6) is 0 Å². The zero-order valence-corrected chi connectivity index (χ0v) is 18.6. The minimum atomic E-state index is -5.08. The van der Waals surface area contributed by atoms with Gasteiger partial charge in [-0.25, -0.2) is 18.2 Å². The number of hydrogen-bond donors (Lipinski definition) is 3. The molecule has 0 aliphatic rings. The summed E-state index contributed by atoms with van der Waals surface area (Å²) in [7, 11) is 0.140. The molecule has 2 aromatic heterocycles. The highest BCUT2D eigenvalue weighted by Gasteiger charge is 2.38. The molecule has 0 atom stereocenters. The number of carbonyl (C=O) groups excluding carboxylic acids is 1. The van der Waals surface area contributed by atoms with E-state index < -0.39 is 22.2 Å². The average Bonchev–Trinajstić information content (AvgIpc) is 3.09. The third-order valence-electron chi connectivity index (χ3n) is 4.17. The lowest BCUT2D eigenvalue weighted by Gasteiger charge is -2.08. The van der Waals surface area contributed by atoms with Gasteiger partial charge in [0.1, 0.15) is 5.65 Å². The predicted molar refractivity (Wildman–Crippen MR) is 116 cm³/mol. The van der Waals surface area contributed by atoms with Gasteiger partial charge in [0.25, 0.3) is 0 Å². The van der Waals surface area contributed by atoms with Gasteiger partial charge in [-0.05, 0) is 35.4 Å². The average molecular weight is 486 g/mol. The summed E-state index contributed by atoms with van der Waals surface area (Å²) in [4.78, 5) is 29.9. The van der Waals surface area contributed by atoms with Crippen LogP contribution in [0, 0.1) is 0 Å². The number of fused-ring (bicyclic) bond motifs is 1. The number of hydrogen-bond acceptors (Lipinski definition) is 5. The number of benzene rings is 1. The van der Waals surface area contributed by atoms with Crippen molar-refractivity contribution in [2.75, 3.05) is 25.1 Å². The fourth-order valence-electron chi connectivity index (χ4n) is 2.68. The van der Waals surface area contributed by atoms with Gasteiger partial charge in [-0.3, -0.25) is 9.52 Å². The smallest absolute Gasteiger partial charge is 0.475 e. The van der Waals surface area contributed by atoms with Crippen molar-refractivity contribution in [1.82, 2.24) is 14.9 Å². The molecular formula is C20H21F3N4O5S. The lowest BCUT2D eigenvalue weighted by atomic mass is 10.0. The maximum absolute atomic E-state index is 11.9. The number of sulfonamides is 1. The molecule has 2 heterocycles. The first-order valence-corrected chi connectivity index (χ1v) is 11.1. The van der Waals surface area contributed by atoms with Gasteiger partial charge in [0, 0.05) is 37.1 Å². The number of anilines is 1. The van der Waals surface area contributed by atoms with E-state index >= 15 is 0 Å². The number of carboxylic acid groups (broad SMARTS) is 1. The van der Waals surface area contributed by atoms with E-state index in [2.05, 4.69) is 14.7 Å². The van der Waals surface area contributed by atoms with Crippen LogP contribution < -0.4 is 4.72 Å². The minimum absolute atomic E-state index is 0.00862. The Labute approximate surface area is 187 Å². The number of nitrogens with zero attached hydrogens (tertiary/aromatic N) is 2. The number of carbonyl (C=O) groups is 2. The number of aliphatic carboxylic acids is 1. The fourth-order valence-corrected chi connectivity index (χ4v) is 3.25. The monoisotopic (exact) mass is 486 g/mol. The Hall–Kier alpha value is -3.61. The van der Waals surface area contributed by atoms with Crippen molar-refractivity contribution in [2.45, 2.75) is 12.6 Å². The van der Waals surface area contributed by atoms with Gasteiger partial charge in [-0.15, -0.1) is 0 Å². The number of H-pyrrole nitrogens is 1. The van der Waals surface area contributed by atoms with E-state index in [1.54, 1.807) is 37.3 Å². The van der Waals surface area contributed by atoms with Gasteiger partial charge in [0.2, 0.25) is 15.9 Å². The molecule has 9 nitrogen and oxygen atoms in total. The van der Waals surface area contributed by atoms with E-state index in [1.165, 1.54) is 0 Å². The first kappa shape index (κ1) is 25.6. The lowest BCUT2D eigenvalue weighted by molar-refractivity contribution is -0.192. The maximum Gasteiger partial charge on any atom is 0.490 e. The Morgan fingerprint density at radius 1 is 1.15 bits per heavy atom.